The van der Waals surface area contributed by atoms with Crippen molar-refractivity contribution in [2.75, 3.05) is 24.7 Å². The lowest BCUT2D eigenvalue weighted by Crippen LogP contribution is -2.39. The molecule has 1 fully saturated rings. The van der Waals surface area contributed by atoms with E-state index in [2.05, 4.69) is 34.8 Å². The normalized spacial score (nSPS) is 17.1. The van der Waals surface area contributed by atoms with Gasteiger partial charge in [-0.3, -0.25) is 14.4 Å². The Morgan fingerprint density at radius 3 is 2.37 bits per heavy atom. The lowest BCUT2D eigenvalue weighted by molar-refractivity contribution is -0.120. The van der Waals surface area contributed by atoms with Crippen LogP contribution in [0.4, 0.5) is 11.5 Å². The van der Waals surface area contributed by atoms with Gasteiger partial charge in [0.15, 0.2) is 0 Å². The van der Waals surface area contributed by atoms with E-state index in [4.69, 9.17) is 16.0 Å². The van der Waals surface area contributed by atoms with E-state index in [1.54, 1.807) is 44.4 Å². The van der Waals surface area contributed by atoms with Crippen molar-refractivity contribution < 1.29 is 18.8 Å². The Kier molecular flexibility index (Phi) is 9.76. The number of nitrogens with one attached hydrogen (secondary N) is 3. The SMILES string of the molecule is CC(C)NC1CCC(C(=O)Nc2c(C(=O)Nc3ccc(Cl)cn3)oc3ccc(C(=O)N(C)C)cc23)CC1.Cl. The van der Waals surface area contributed by atoms with E-state index in [9.17, 15) is 14.4 Å². The molecule has 0 radical (unpaired) electrons. The highest BCUT2D eigenvalue weighted by Gasteiger charge is 2.30. The molecule has 2 heterocycles. The number of halogens is 2. The fourth-order valence-electron chi connectivity index (χ4n) is 4.61. The van der Waals surface area contributed by atoms with E-state index in [0.717, 1.165) is 25.7 Å². The highest BCUT2D eigenvalue weighted by molar-refractivity contribution is 6.30. The third-order valence-electron chi connectivity index (χ3n) is 6.43. The molecule has 11 heteroatoms. The zero-order valence-electron chi connectivity index (χ0n) is 21.8. The number of aromatic nitrogens is 1. The standard InChI is InChI=1S/C27H32ClN5O4.ClH/c1-15(2)30-19-9-5-16(6-10-19)25(34)32-23-20-13-17(27(36)33(3)4)7-11-21(20)37-24(23)26(35)31-22-12-8-18(28)14-29-22;/h7-8,11-16,19,30H,5-6,9-10H2,1-4H3,(H,32,34)(H,29,31,35);1H. The van der Waals surface area contributed by atoms with E-state index in [-0.39, 0.29) is 47.4 Å². The number of nitrogens with zero attached hydrogens (tertiary/aromatic N) is 2. The van der Waals surface area contributed by atoms with Crippen molar-refractivity contribution in [2.45, 2.75) is 51.6 Å². The number of carbonyl (C=O) groups excluding carboxylic acids is 3. The van der Waals surface area contributed by atoms with Gasteiger partial charge in [-0.05, 0) is 56.0 Å². The average molecular weight is 562 g/mol. The van der Waals surface area contributed by atoms with E-state index in [1.807, 2.05) is 0 Å². The molecule has 0 saturated heterocycles. The molecule has 0 unspecified atom stereocenters. The summed E-state index contributed by atoms with van der Waals surface area (Å²) in [6.45, 7) is 4.23. The summed E-state index contributed by atoms with van der Waals surface area (Å²) in [4.78, 5) is 44.7. The molecule has 3 aromatic rings. The number of benzene rings is 1. The van der Waals surface area contributed by atoms with Crippen LogP contribution in [0.3, 0.4) is 0 Å². The van der Waals surface area contributed by atoms with Crippen LogP contribution >= 0.6 is 24.0 Å². The van der Waals surface area contributed by atoms with E-state index in [1.165, 1.54) is 11.1 Å². The van der Waals surface area contributed by atoms with E-state index in [0.29, 0.717) is 33.6 Å². The largest absolute Gasteiger partial charge is 0.449 e. The molecular formula is C27H33Cl2N5O4. The molecule has 1 aromatic carbocycles. The summed E-state index contributed by atoms with van der Waals surface area (Å²) in [5.74, 6) is -0.917. The molecule has 3 N–H and O–H groups in total. The van der Waals surface area contributed by atoms with Crippen molar-refractivity contribution in [3.63, 3.8) is 0 Å². The lowest BCUT2D eigenvalue weighted by atomic mass is 9.85. The van der Waals surface area contributed by atoms with Crippen molar-refractivity contribution in [1.29, 1.82) is 0 Å². The molecule has 0 spiro atoms. The van der Waals surface area contributed by atoms with Crippen LogP contribution in [0.15, 0.2) is 40.9 Å². The number of anilines is 2. The third-order valence-corrected chi connectivity index (χ3v) is 6.66. The number of fused-ring (bicyclic) bond motifs is 1. The summed E-state index contributed by atoms with van der Waals surface area (Å²) in [7, 11) is 3.32. The molecule has 38 heavy (non-hydrogen) atoms. The van der Waals surface area contributed by atoms with Crippen LogP contribution in [-0.4, -0.2) is 53.8 Å². The monoisotopic (exact) mass is 561 g/mol. The molecule has 9 nitrogen and oxygen atoms in total. The first kappa shape index (κ1) is 29.4. The van der Waals surface area contributed by atoms with Gasteiger partial charge in [0.25, 0.3) is 11.8 Å². The number of furan rings is 1. The van der Waals surface area contributed by atoms with Crippen LogP contribution in [0.1, 0.15) is 60.4 Å². The van der Waals surface area contributed by atoms with Crippen molar-refractivity contribution >= 4 is 64.2 Å². The number of rotatable bonds is 7. The molecule has 0 bridgehead atoms. The Bertz CT molecular complexity index is 1300. The highest BCUT2D eigenvalue weighted by Crippen LogP contribution is 2.34. The number of carbonyl (C=O) groups is 3. The summed E-state index contributed by atoms with van der Waals surface area (Å²) >= 11 is 5.89. The van der Waals surface area contributed by atoms with E-state index >= 15 is 0 Å². The Labute approximate surface area is 233 Å². The molecule has 1 aliphatic rings. The van der Waals surface area contributed by atoms with Gasteiger partial charge in [0.05, 0.1) is 5.02 Å². The van der Waals surface area contributed by atoms with Crippen molar-refractivity contribution in [1.82, 2.24) is 15.2 Å². The van der Waals surface area contributed by atoms with Crippen LogP contribution in [0.25, 0.3) is 11.0 Å². The van der Waals surface area contributed by atoms with Crippen molar-refractivity contribution in [3.8, 4) is 0 Å². The van der Waals surface area contributed by atoms with Gasteiger partial charge in [-0.25, -0.2) is 4.98 Å². The lowest BCUT2D eigenvalue weighted by Gasteiger charge is -2.29. The summed E-state index contributed by atoms with van der Waals surface area (Å²) in [5.41, 5.74) is 1.03. The van der Waals surface area contributed by atoms with Gasteiger partial charge in [-0.1, -0.05) is 25.4 Å². The summed E-state index contributed by atoms with van der Waals surface area (Å²) < 4.78 is 5.89. The van der Waals surface area contributed by atoms with Gasteiger partial charge in [-0.15, -0.1) is 12.4 Å². The Morgan fingerprint density at radius 1 is 1.05 bits per heavy atom. The molecule has 0 atom stereocenters. The van der Waals surface area contributed by atoms with Gasteiger partial charge in [0, 0.05) is 49.2 Å². The summed E-state index contributed by atoms with van der Waals surface area (Å²) in [6.07, 6.45) is 4.71. The van der Waals surface area contributed by atoms with Crippen LogP contribution in [0.2, 0.25) is 5.02 Å². The molecule has 4 rings (SSSR count). The number of amides is 3. The predicted molar refractivity (Wildman–Crippen MR) is 151 cm³/mol. The first-order chi connectivity index (χ1) is 17.6. The molecular weight excluding hydrogens is 529 g/mol. The first-order valence-corrected chi connectivity index (χ1v) is 12.8. The maximum Gasteiger partial charge on any atom is 0.294 e. The van der Waals surface area contributed by atoms with Gasteiger partial charge < -0.3 is 25.3 Å². The average Bonchev–Trinajstić information content (AvgIpc) is 3.22. The maximum atomic E-state index is 13.3. The minimum Gasteiger partial charge on any atom is -0.449 e. The zero-order chi connectivity index (χ0) is 26.7. The summed E-state index contributed by atoms with van der Waals surface area (Å²) in [5, 5.41) is 10.1. The summed E-state index contributed by atoms with van der Waals surface area (Å²) in [6, 6.07) is 8.85. The zero-order valence-corrected chi connectivity index (χ0v) is 23.4. The van der Waals surface area contributed by atoms with Crippen molar-refractivity contribution in [2.24, 2.45) is 5.92 Å². The van der Waals surface area contributed by atoms with Crippen molar-refractivity contribution in [3.05, 3.63) is 52.9 Å². The van der Waals surface area contributed by atoms with Gasteiger partial charge in [-0.2, -0.15) is 0 Å². The number of pyridine rings is 1. The highest BCUT2D eigenvalue weighted by atomic mass is 35.5. The van der Waals surface area contributed by atoms with Crippen LogP contribution in [-0.2, 0) is 4.79 Å². The fourth-order valence-corrected chi connectivity index (χ4v) is 4.73. The molecule has 0 aliphatic heterocycles. The molecule has 204 valence electrons. The molecule has 1 saturated carbocycles. The molecule has 3 amide bonds. The minimum atomic E-state index is -0.577. The number of hydrogen-bond acceptors (Lipinski definition) is 6. The Hall–Kier alpha value is -3.14. The maximum absolute atomic E-state index is 13.3. The van der Waals surface area contributed by atoms with Gasteiger partial charge in [0.2, 0.25) is 11.7 Å². The van der Waals surface area contributed by atoms with Gasteiger partial charge >= 0.3 is 0 Å². The van der Waals surface area contributed by atoms with E-state index < -0.39 is 5.91 Å². The van der Waals surface area contributed by atoms with Crippen LogP contribution < -0.4 is 16.0 Å². The molecule has 2 aromatic heterocycles. The van der Waals surface area contributed by atoms with Crippen LogP contribution in [0, 0.1) is 5.92 Å². The smallest absolute Gasteiger partial charge is 0.294 e. The second-order valence-electron chi connectivity index (χ2n) is 9.89. The Balaban J connectivity index is 0.00000400. The minimum absolute atomic E-state index is 0. The fraction of sp³-hybridized carbons (Fsp3) is 0.407. The second-order valence-corrected chi connectivity index (χ2v) is 10.3. The topological polar surface area (TPSA) is 117 Å². The second kappa shape index (κ2) is 12.6. The predicted octanol–water partition coefficient (Wildman–Crippen LogP) is 5.35. The first-order valence-electron chi connectivity index (χ1n) is 12.4. The van der Waals surface area contributed by atoms with Crippen LogP contribution in [0.5, 0.6) is 0 Å². The third kappa shape index (κ3) is 6.83. The Morgan fingerprint density at radius 2 is 1.76 bits per heavy atom. The quantitative estimate of drug-likeness (QED) is 0.358. The molecule has 1 aliphatic carbocycles. The van der Waals surface area contributed by atoms with Gasteiger partial charge in [0.1, 0.15) is 17.1 Å². The number of hydrogen-bond donors (Lipinski definition) is 3.